The summed E-state index contributed by atoms with van der Waals surface area (Å²) in [6.07, 6.45) is 4.41. The van der Waals surface area contributed by atoms with Crippen molar-refractivity contribution in [1.29, 1.82) is 0 Å². The van der Waals surface area contributed by atoms with Gasteiger partial charge in [-0.2, -0.15) is 0 Å². The summed E-state index contributed by atoms with van der Waals surface area (Å²) >= 11 is 0. The van der Waals surface area contributed by atoms with Crippen LogP contribution in [0.5, 0.6) is 0 Å². The predicted molar refractivity (Wildman–Crippen MR) is 124 cm³/mol. The first-order valence-electron chi connectivity index (χ1n) is 10.7. The monoisotopic (exact) mass is 454 g/mol. The minimum atomic E-state index is -2.14. The van der Waals surface area contributed by atoms with E-state index in [9.17, 15) is 18.9 Å². The number of esters is 1. The van der Waals surface area contributed by atoms with Crippen LogP contribution in [0, 0.1) is 0 Å². The summed E-state index contributed by atoms with van der Waals surface area (Å²) in [4.78, 5) is 30.4. The summed E-state index contributed by atoms with van der Waals surface area (Å²) in [6, 6.07) is 9.68. The molecule has 0 unspecified atom stereocenters. The Hall–Kier alpha value is -2.84. The van der Waals surface area contributed by atoms with E-state index in [1.165, 1.54) is 0 Å². The van der Waals surface area contributed by atoms with Crippen LogP contribution in [0.15, 0.2) is 35.1 Å². The molecule has 2 aromatic heterocycles. The van der Waals surface area contributed by atoms with Crippen molar-refractivity contribution in [2.75, 3.05) is 18.3 Å². The molecule has 1 atom stereocenters. The molecule has 2 aliphatic heterocycles. The lowest BCUT2D eigenvalue weighted by atomic mass is 9.86. The number of hydrogen-bond donors (Lipinski definition) is 2. The van der Waals surface area contributed by atoms with E-state index < -0.39 is 21.5 Å². The van der Waals surface area contributed by atoms with Crippen LogP contribution in [0.4, 0.5) is 0 Å². The molecule has 0 saturated carbocycles. The van der Waals surface area contributed by atoms with Crippen molar-refractivity contribution in [1.82, 2.24) is 9.55 Å². The van der Waals surface area contributed by atoms with Gasteiger partial charge in [-0.05, 0) is 49.1 Å². The normalized spacial score (nSPS) is 19.9. The number of carbonyl (C=O) groups is 1. The highest BCUT2D eigenvalue weighted by molar-refractivity contribution is 8.01. The van der Waals surface area contributed by atoms with Gasteiger partial charge in [-0.3, -0.25) is 9.00 Å². The Labute approximate surface area is 186 Å². The van der Waals surface area contributed by atoms with Gasteiger partial charge in [-0.15, -0.1) is 9.93 Å². The topological polar surface area (TPSA) is 98.5 Å². The van der Waals surface area contributed by atoms with Gasteiger partial charge in [-0.25, -0.2) is 9.78 Å². The van der Waals surface area contributed by atoms with Gasteiger partial charge >= 0.3 is 5.97 Å². The molecular weight excluding hydrogens is 428 g/mol. The number of carbonyl (C=O) groups excluding carboxylic acids is 1. The molecule has 0 fully saturated rings. The Balaban J connectivity index is 1.67. The summed E-state index contributed by atoms with van der Waals surface area (Å²) in [5.41, 5.74) is 2.62. The van der Waals surface area contributed by atoms with E-state index in [4.69, 9.17) is 9.72 Å². The van der Waals surface area contributed by atoms with Crippen LogP contribution in [-0.2, 0) is 44.6 Å². The second kappa shape index (κ2) is 7.08. The summed E-state index contributed by atoms with van der Waals surface area (Å²) in [5.74, 6) is -0.102. The Morgan fingerprint density at radius 2 is 2.03 bits per heavy atom. The molecular formula is C24H26N2O5S. The first kappa shape index (κ1) is 21.0. The zero-order valence-corrected chi connectivity index (χ0v) is 19.2. The zero-order valence-electron chi connectivity index (χ0n) is 18.3. The van der Waals surface area contributed by atoms with Crippen LogP contribution in [0.3, 0.4) is 0 Å². The maximum atomic E-state index is 13.3. The molecule has 0 saturated heterocycles. The second-order valence-electron chi connectivity index (χ2n) is 9.13. The Morgan fingerprint density at radius 1 is 1.25 bits per heavy atom. The van der Waals surface area contributed by atoms with Crippen molar-refractivity contribution in [2.45, 2.75) is 38.5 Å². The van der Waals surface area contributed by atoms with E-state index >= 15 is 0 Å². The summed E-state index contributed by atoms with van der Waals surface area (Å²) in [6.45, 7) is 1.92. The van der Waals surface area contributed by atoms with Crippen molar-refractivity contribution >= 4 is 26.8 Å². The molecule has 0 amide bonds. The fourth-order valence-corrected chi connectivity index (χ4v) is 5.45. The smallest absolute Gasteiger partial charge is 0.343 e. The number of ether oxygens (including phenoxy) is 1. The zero-order chi connectivity index (χ0) is 22.8. The number of aromatic nitrogens is 2. The Bertz CT molecular complexity index is 1400. The van der Waals surface area contributed by atoms with Crippen molar-refractivity contribution in [2.24, 2.45) is 0 Å². The van der Waals surface area contributed by atoms with Gasteiger partial charge in [0.05, 0.1) is 29.0 Å². The number of benzene rings is 1. The van der Waals surface area contributed by atoms with Gasteiger partial charge in [0.2, 0.25) is 0 Å². The van der Waals surface area contributed by atoms with Crippen LogP contribution >= 0.6 is 0 Å². The number of pyridine rings is 2. The maximum Gasteiger partial charge on any atom is 0.343 e. The van der Waals surface area contributed by atoms with Crippen molar-refractivity contribution in [3.63, 3.8) is 0 Å². The summed E-state index contributed by atoms with van der Waals surface area (Å²) in [7, 11) is -2.14. The largest absolute Gasteiger partial charge is 0.458 e. The highest BCUT2D eigenvalue weighted by Crippen LogP contribution is 2.38. The number of rotatable bonds is 4. The van der Waals surface area contributed by atoms with E-state index in [0.717, 1.165) is 22.0 Å². The Morgan fingerprint density at radius 3 is 2.75 bits per heavy atom. The average Bonchev–Trinajstić information content (AvgIpc) is 3.11. The Kier molecular flexibility index (Phi) is 4.65. The number of aliphatic hydroxyl groups is 1. The number of thiol groups is 1. The third kappa shape index (κ3) is 3.12. The van der Waals surface area contributed by atoms with Crippen LogP contribution in [0.2, 0.25) is 0 Å². The maximum absolute atomic E-state index is 13.3. The first-order chi connectivity index (χ1) is 15.1. The van der Waals surface area contributed by atoms with Gasteiger partial charge < -0.3 is 14.4 Å². The van der Waals surface area contributed by atoms with Gasteiger partial charge in [0.15, 0.2) is 5.60 Å². The third-order valence-corrected chi connectivity index (χ3v) is 7.86. The number of aryl methyl sites for hydroxylation is 1. The number of hydrogen-bond acceptors (Lipinski definition) is 6. The van der Waals surface area contributed by atoms with Crippen molar-refractivity contribution < 1.29 is 18.8 Å². The molecule has 7 nitrogen and oxygen atoms in total. The standard InChI is InChI=1S/C24H26N2O5S/c1-4-24(29)18-11-20-21-15(12-26(20)22(27)17(18)13-31-23(24)28)10-16-14(8-9-32(2,3)30)6-5-7-19(16)25-21/h5-7,10-11,29,32H,4,8-9,12-13H2,1-3H3/t24-/m0/s1. The van der Waals surface area contributed by atoms with Crippen LogP contribution in [-0.4, -0.2) is 43.1 Å². The summed E-state index contributed by atoms with van der Waals surface area (Å²) < 4.78 is 19.0. The predicted octanol–water partition coefficient (Wildman–Crippen LogP) is 1.90. The van der Waals surface area contributed by atoms with Crippen molar-refractivity contribution in [3.05, 3.63) is 62.9 Å². The fourth-order valence-electron chi connectivity index (χ4n) is 4.67. The molecule has 3 aromatic rings. The van der Waals surface area contributed by atoms with E-state index in [1.54, 1.807) is 30.1 Å². The second-order valence-corrected chi connectivity index (χ2v) is 12.7. The minimum Gasteiger partial charge on any atom is -0.458 e. The van der Waals surface area contributed by atoms with Gasteiger partial charge in [0, 0.05) is 22.3 Å². The molecule has 32 heavy (non-hydrogen) atoms. The van der Waals surface area contributed by atoms with E-state index in [2.05, 4.69) is 6.07 Å². The molecule has 168 valence electrons. The highest BCUT2D eigenvalue weighted by Gasteiger charge is 2.45. The average molecular weight is 455 g/mol. The van der Waals surface area contributed by atoms with E-state index in [1.807, 2.05) is 18.2 Å². The molecule has 8 heteroatoms. The number of nitrogens with zero attached hydrogens (tertiary/aromatic N) is 2. The van der Waals surface area contributed by atoms with Crippen LogP contribution in [0.1, 0.15) is 35.6 Å². The number of cyclic esters (lactones) is 1. The minimum absolute atomic E-state index is 0.113. The molecule has 1 aromatic carbocycles. The van der Waals surface area contributed by atoms with Crippen LogP contribution in [0.25, 0.3) is 22.3 Å². The fraction of sp³-hybridized carbons (Fsp3) is 0.375. The molecule has 1 N–H and O–H groups in total. The molecule has 4 heterocycles. The molecule has 0 aliphatic carbocycles. The highest BCUT2D eigenvalue weighted by atomic mass is 32.2. The SMILES string of the molecule is CC[C@@]1(O)C(=O)OCc2c1cc1n(c2=O)Cc2cc3c(CC[SH](C)(C)=O)cccc3nc2-1. The quantitative estimate of drug-likeness (QED) is 0.361. The molecule has 0 bridgehead atoms. The molecule has 5 rings (SSSR count). The molecule has 2 aliphatic rings. The lowest BCUT2D eigenvalue weighted by molar-refractivity contribution is -0.172. The third-order valence-electron chi connectivity index (χ3n) is 6.56. The lowest BCUT2D eigenvalue weighted by Gasteiger charge is -2.31. The van der Waals surface area contributed by atoms with Crippen molar-refractivity contribution in [3.8, 4) is 11.4 Å². The molecule has 0 radical (unpaired) electrons. The summed E-state index contributed by atoms with van der Waals surface area (Å²) in [5, 5.41) is 12.0. The first-order valence-corrected chi connectivity index (χ1v) is 13.5. The molecule has 0 spiro atoms. The van der Waals surface area contributed by atoms with E-state index in [-0.39, 0.29) is 18.6 Å². The number of fused-ring (bicyclic) bond motifs is 5. The van der Waals surface area contributed by atoms with E-state index in [0.29, 0.717) is 41.2 Å². The van der Waals surface area contributed by atoms with Crippen LogP contribution < -0.4 is 5.56 Å². The van der Waals surface area contributed by atoms with Gasteiger partial charge in [-0.1, -0.05) is 19.1 Å². The van der Waals surface area contributed by atoms with Gasteiger partial charge in [0.25, 0.3) is 5.56 Å². The van der Waals surface area contributed by atoms with Gasteiger partial charge in [0.1, 0.15) is 6.61 Å². The lowest BCUT2D eigenvalue weighted by Crippen LogP contribution is -2.44.